The Morgan fingerprint density at radius 3 is 2.09 bits per heavy atom. The molecule has 5 heteroatoms. The molecule has 0 aromatic heterocycles. The summed E-state index contributed by atoms with van der Waals surface area (Å²) in [5, 5.41) is 2.64. The molecule has 2 aliphatic rings. The van der Waals surface area contributed by atoms with Crippen molar-refractivity contribution in [2.45, 2.75) is 64.3 Å². The first-order valence-corrected chi connectivity index (χ1v) is 13.7. The van der Waals surface area contributed by atoms with Crippen LogP contribution < -0.4 is 10.4 Å². The topological polar surface area (TPSA) is 30.9 Å². The van der Waals surface area contributed by atoms with E-state index in [1.54, 1.807) is 0 Å². The second-order valence-corrected chi connectivity index (χ2v) is 14.7. The fourth-order valence-electron chi connectivity index (χ4n) is 5.05. The highest BCUT2D eigenvalue weighted by Gasteiger charge is 2.50. The van der Waals surface area contributed by atoms with Gasteiger partial charge in [-0.2, -0.15) is 0 Å². The van der Waals surface area contributed by atoms with E-state index >= 15 is 0 Å². The van der Waals surface area contributed by atoms with Gasteiger partial charge in [-0.1, -0.05) is 81.4 Å². The van der Waals surface area contributed by atoms with Crippen LogP contribution in [0, 0.1) is 0 Å². The Kier molecular flexibility index (Phi) is 6.53. The molecule has 2 aromatic carbocycles. The fourth-order valence-corrected chi connectivity index (χ4v) is 9.64. The van der Waals surface area contributed by atoms with Crippen LogP contribution in [-0.2, 0) is 13.9 Å². The highest BCUT2D eigenvalue weighted by molar-refractivity contribution is 6.99. The van der Waals surface area contributed by atoms with E-state index in [0.717, 1.165) is 25.1 Å². The summed E-state index contributed by atoms with van der Waals surface area (Å²) >= 11 is 0. The number of hydrogen-bond acceptors (Lipinski definition) is 4. The molecule has 1 atom stereocenters. The molecule has 2 aromatic rings. The Hall–Kier alpha value is -2.08. The van der Waals surface area contributed by atoms with E-state index in [0.29, 0.717) is 19.3 Å². The lowest BCUT2D eigenvalue weighted by Gasteiger charge is -2.44. The predicted octanol–water partition coefficient (Wildman–Crippen LogP) is 4.65. The van der Waals surface area contributed by atoms with Gasteiger partial charge in [0.2, 0.25) is 5.79 Å². The van der Waals surface area contributed by atoms with Crippen LogP contribution in [0.2, 0.25) is 5.04 Å². The molecule has 0 unspecified atom stereocenters. The third-order valence-corrected chi connectivity index (χ3v) is 11.7. The van der Waals surface area contributed by atoms with Gasteiger partial charge in [0.1, 0.15) is 6.26 Å². The molecule has 2 heterocycles. The van der Waals surface area contributed by atoms with Crippen molar-refractivity contribution in [2.24, 2.45) is 0 Å². The molecule has 2 aliphatic heterocycles. The fraction of sp³-hybridized carbons (Fsp3) is 0.481. The standard InChI is InChI=1S/C27H37NO3Si/c1-26(2,3)32(24-14-8-6-9-15-24,25-16-10-7-11-17-25)31-21-22-13-12-18-28(22)23-19-29-27(4,5)30-20-23/h6-11,14-17,19,22H,12-13,18,20-21H2,1-5H3/t22-/m0/s1. The lowest BCUT2D eigenvalue weighted by molar-refractivity contribution is -0.194. The van der Waals surface area contributed by atoms with Gasteiger partial charge in [-0.25, -0.2) is 0 Å². The Bertz CT molecular complexity index is 881. The minimum absolute atomic E-state index is 0.0144. The molecular formula is C27H37NO3Si. The van der Waals surface area contributed by atoms with Crippen molar-refractivity contribution in [3.8, 4) is 0 Å². The average Bonchev–Trinajstić information content (AvgIpc) is 3.23. The maximum Gasteiger partial charge on any atom is 0.261 e. The van der Waals surface area contributed by atoms with Crippen molar-refractivity contribution in [1.29, 1.82) is 0 Å². The van der Waals surface area contributed by atoms with Gasteiger partial charge < -0.3 is 18.8 Å². The molecule has 0 bridgehead atoms. The van der Waals surface area contributed by atoms with E-state index in [1.165, 1.54) is 10.4 Å². The molecule has 1 saturated heterocycles. The number of hydrogen-bond donors (Lipinski definition) is 0. The third-order valence-electron chi connectivity index (χ3n) is 6.70. The van der Waals surface area contributed by atoms with Crippen LogP contribution in [-0.4, -0.2) is 44.8 Å². The van der Waals surface area contributed by atoms with E-state index in [-0.39, 0.29) is 5.04 Å². The van der Waals surface area contributed by atoms with Gasteiger partial charge >= 0.3 is 0 Å². The average molecular weight is 452 g/mol. The van der Waals surface area contributed by atoms with Crippen LogP contribution in [0.3, 0.4) is 0 Å². The zero-order valence-electron chi connectivity index (χ0n) is 20.1. The molecule has 0 amide bonds. The first kappa shape index (κ1) is 23.1. The van der Waals surface area contributed by atoms with Gasteiger partial charge in [0.25, 0.3) is 8.32 Å². The zero-order valence-corrected chi connectivity index (χ0v) is 21.1. The number of rotatable bonds is 6. The second kappa shape index (κ2) is 9.04. The summed E-state index contributed by atoms with van der Waals surface area (Å²) in [5.74, 6) is -0.551. The lowest BCUT2D eigenvalue weighted by atomic mass is 10.2. The summed E-state index contributed by atoms with van der Waals surface area (Å²) in [7, 11) is -2.53. The van der Waals surface area contributed by atoms with Crippen LogP contribution in [0.15, 0.2) is 72.6 Å². The first-order valence-electron chi connectivity index (χ1n) is 11.8. The molecule has 32 heavy (non-hydrogen) atoms. The molecule has 0 saturated carbocycles. The maximum absolute atomic E-state index is 7.20. The Balaban J connectivity index is 1.64. The van der Waals surface area contributed by atoms with Crippen LogP contribution in [0.4, 0.5) is 0 Å². The molecule has 4 rings (SSSR count). The van der Waals surface area contributed by atoms with Gasteiger partial charge in [0.05, 0.1) is 25.0 Å². The summed E-state index contributed by atoms with van der Waals surface area (Å²) in [4.78, 5) is 2.44. The number of nitrogens with zero attached hydrogens (tertiary/aromatic N) is 1. The van der Waals surface area contributed by atoms with Gasteiger partial charge in [0, 0.05) is 20.4 Å². The molecule has 0 radical (unpaired) electrons. The normalized spacial score (nSPS) is 21.2. The van der Waals surface area contributed by atoms with Crippen molar-refractivity contribution in [1.82, 2.24) is 4.90 Å². The molecule has 0 spiro atoms. The summed E-state index contributed by atoms with van der Waals surface area (Å²) in [6.07, 6.45) is 4.18. The second-order valence-electron chi connectivity index (χ2n) is 10.4. The van der Waals surface area contributed by atoms with E-state index in [1.807, 2.05) is 20.1 Å². The Labute approximate surface area is 194 Å². The summed E-state index contributed by atoms with van der Waals surface area (Å²) in [6, 6.07) is 22.1. The van der Waals surface area contributed by atoms with Crippen LogP contribution in [0.5, 0.6) is 0 Å². The van der Waals surface area contributed by atoms with Crippen LogP contribution in [0.1, 0.15) is 47.5 Å². The van der Waals surface area contributed by atoms with Gasteiger partial charge in [0.15, 0.2) is 0 Å². The molecule has 4 nitrogen and oxygen atoms in total. The van der Waals surface area contributed by atoms with E-state index < -0.39 is 14.1 Å². The minimum Gasteiger partial charge on any atom is -0.469 e. The lowest BCUT2D eigenvalue weighted by Crippen LogP contribution is -2.67. The van der Waals surface area contributed by atoms with Gasteiger partial charge in [-0.15, -0.1) is 0 Å². The number of ether oxygens (including phenoxy) is 2. The van der Waals surface area contributed by atoms with Gasteiger partial charge in [-0.3, -0.25) is 0 Å². The summed E-state index contributed by atoms with van der Waals surface area (Å²) in [6.45, 7) is 13.2. The first-order chi connectivity index (χ1) is 15.2. The molecule has 172 valence electrons. The molecule has 0 N–H and O–H groups in total. The smallest absolute Gasteiger partial charge is 0.261 e. The SMILES string of the molecule is CC1(C)OC=C(N2CCC[C@H]2CO[Si](c2ccccc2)(c2ccccc2)C(C)(C)C)CO1. The number of benzene rings is 2. The van der Waals surface area contributed by atoms with E-state index in [9.17, 15) is 0 Å². The summed E-state index contributed by atoms with van der Waals surface area (Å²) < 4.78 is 18.9. The van der Waals surface area contributed by atoms with Gasteiger partial charge in [-0.05, 0) is 28.3 Å². The molecule has 0 aliphatic carbocycles. The Morgan fingerprint density at radius 2 is 1.59 bits per heavy atom. The van der Waals surface area contributed by atoms with Crippen LogP contribution >= 0.6 is 0 Å². The van der Waals surface area contributed by atoms with Crippen molar-refractivity contribution < 1.29 is 13.9 Å². The quantitative estimate of drug-likeness (QED) is 0.598. The largest absolute Gasteiger partial charge is 0.469 e. The third kappa shape index (κ3) is 4.52. The number of likely N-dealkylation sites (tertiary alicyclic amines) is 1. The Morgan fingerprint density at radius 1 is 1.00 bits per heavy atom. The molecular weight excluding hydrogens is 414 g/mol. The van der Waals surface area contributed by atoms with E-state index in [4.69, 9.17) is 13.9 Å². The van der Waals surface area contributed by atoms with Crippen molar-refractivity contribution in [2.75, 3.05) is 19.8 Å². The monoisotopic (exact) mass is 451 g/mol. The summed E-state index contributed by atoms with van der Waals surface area (Å²) in [5.41, 5.74) is 1.12. The zero-order chi connectivity index (χ0) is 22.8. The predicted molar refractivity (Wildman–Crippen MR) is 132 cm³/mol. The highest BCUT2D eigenvalue weighted by Crippen LogP contribution is 2.38. The highest BCUT2D eigenvalue weighted by atomic mass is 28.4. The van der Waals surface area contributed by atoms with Crippen molar-refractivity contribution in [3.63, 3.8) is 0 Å². The maximum atomic E-state index is 7.20. The van der Waals surface area contributed by atoms with E-state index in [2.05, 4.69) is 86.3 Å². The van der Waals surface area contributed by atoms with Crippen molar-refractivity contribution >= 4 is 18.7 Å². The molecule has 1 fully saturated rings. The van der Waals surface area contributed by atoms with Crippen molar-refractivity contribution in [3.05, 3.63) is 72.6 Å². The minimum atomic E-state index is -2.53. The van der Waals surface area contributed by atoms with Crippen LogP contribution in [0.25, 0.3) is 0 Å².